The fourth-order valence-electron chi connectivity index (χ4n) is 1.83. The molecule has 0 aliphatic carbocycles. The molecular weight excluding hydrogens is 334 g/mol. The first kappa shape index (κ1) is 17.9. The Balaban J connectivity index is 1.96. The largest absolute Gasteiger partial charge is 0.493 e. The molecule has 2 N–H and O–H groups in total. The van der Waals surface area contributed by atoms with E-state index in [1.54, 1.807) is 18.2 Å². The second kappa shape index (κ2) is 7.92. The highest BCUT2D eigenvalue weighted by molar-refractivity contribution is 7.89. The minimum absolute atomic E-state index is 0.0611. The topological polar surface area (TPSA) is 75.6 Å². The van der Waals surface area contributed by atoms with E-state index < -0.39 is 16.1 Å². The Morgan fingerprint density at radius 2 is 1.91 bits per heavy atom. The summed E-state index contributed by atoms with van der Waals surface area (Å²) in [5.74, 6) is 1.04. The summed E-state index contributed by atoms with van der Waals surface area (Å²) in [7, 11) is -3.66. The number of rotatable bonds is 8. The van der Waals surface area contributed by atoms with Crippen molar-refractivity contribution in [3.63, 3.8) is 0 Å². The van der Waals surface area contributed by atoms with Crippen LogP contribution in [0.1, 0.15) is 24.8 Å². The average molecular weight is 355 g/mol. The minimum Gasteiger partial charge on any atom is -0.493 e. The molecule has 7 heteroatoms. The fourth-order valence-corrected chi connectivity index (χ4v) is 3.58. The van der Waals surface area contributed by atoms with E-state index in [-0.39, 0.29) is 11.4 Å². The highest BCUT2D eigenvalue weighted by Crippen LogP contribution is 2.20. The standard InChI is InChI=1S/C16H21NO4S2/c1-12(2)11-21-13-5-7-14(8-6-13)23(19,20)17-10-15(18)16-4-3-9-22-16/h3-9,12,15,17-18H,10-11H2,1-2H3. The summed E-state index contributed by atoms with van der Waals surface area (Å²) in [5.41, 5.74) is 0. The Hall–Kier alpha value is -1.41. The number of hydrogen-bond donors (Lipinski definition) is 2. The van der Waals surface area contributed by atoms with Gasteiger partial charge in [-0.3, -0.25) is 0 Å². The Morgan fingerprint density at radius 3 is 2.48 bits per heavy atom. The summed E-state index contributed by atoms with van der Waals surface area (Å²) in [6.45, 7) is 4.61. The maximum atomic E-state index is 12.2. The van der Waals surface area contributed by atoms with Crippen LogP contribution in [0.25, 0.3) is 0 Å². The lowest BCUT2D eigenvalue weighted by atomic mass is 10.2. The summed E-state index contributed by atoms with van der Waals surface area (Å²) in [5, 5.41) is 11.8. The van der Waals surface area contributed by atoms with Gasteiger partial charge in [0.2, 0.25) is 10.0 Å². The van der Waals surface area contributed by atoms with Gasteiger partial charge in [0.25, 0.3) is 0 Å². The first-order valence-corrected chi connectivity index (χ1v) is 9.69. The predicted octanol–water partition coefficient (Wildman–Crippen LogP) is 2.79. The molecule has 0 aliphatic rings. The highest BCUT2D eigenvalue weighted by Gasteiger charge is 2.17. The van der Waals surface area contributed by atoms with Crippen molar-refractivity contribution in [1.29, 1.82) is 0 Å². The molecule has 1 unspecified atom stereocenters. The third kappa shape index (κ3) is 5.31. The molecular formula is C16H21NO4S2. The Labute approximate surface area is 141 Å². The van der Waals surface area contributed by atoms with Gasteiger partial charge in [-0.25, -0.2) is 13.1 Å². The van der Waals surface area contributed by atoms with Crippen molar-refractivity contribution in [2.24, 2.45) is 5.92 Å². The summed E-state index contributed by atoms with van der Waals surface area (Å²) < 4.78 is 32.4. The van der Waals surface area contributed by atoms with Crippen molar-refractivity contribution in [2.45, 2.75) is 24.8 Å². The van der Waals surface area contributed by atoms with Gasteiger partial charge in [-0.05, 0) is 41.6 Å². The lowest BCUT2D eigenvalue weighted by Crippen LogP contribution is -2.28. The molecule has 0 spiro atoms. The molecule has 1 aromatic carbocycles. The molecule has 0 fully saturated rings. The monoisotopic (exact) mass is 355 g/mol. The molecule has 0 amide bonds. The zero-order valence-corrected chi connectivity index (χ0v) is 14.7. The van der Waals surface area contributed by atoms with Crippen molar-refractivity contribution in [2.75, 3.05) is 13.2 Å². The molecule has 5 nitrogen and oxygen atoms in total. The van der Waals surface area contributed by atoms with Crippen LogP contribution in [-0.4, -0.2) is 26.7 Å². The number of sulfonamides is 1. The first-order valence-electron chi connectivity index (χ1n) is 7.32. The van der Waals surface area contributed by atoms with Gasteiger partial charge in [-0.1, -0.05) is 19.9 Å². The fraction of sp³-hybridized carbons (Fsp3) is 0.375. The minimum atomic E-state index is -3.66. The molecule has 0 radical (unpaired) electrons. The summed E-state index contributed by atoms with van der Waals surface area (Å²) in [4.78, 5) is 0.873. The number of benzene rings is 1. The maximum absolute atomic E-state index is 12.2. The third-order valence-corrected chi connectivity index (χ3v) is 5.47. The summed E-state index contributed by atoms with van der Waals surface area (Å²) in [6, 6.07) is 9.84. The molecule has 0 bridgehead atoms. The molecule has 0 saturated heterocycles. The van der Waals surface area contributed by atoms with Crippen LogP contribution in [0, 0.1) is 5.92 Å². The van der Waals surface area contributed by atoms with Gasteiger partial charge >= 0.3 is 0 Å². The van der Waals surface area contributed by atoms with Crippen molar-refractivity contribution < 1.29 is 18.3 Å². The van der Waals surface area contributed by atoms with Gasteiger partial charge in [-0.15, -0.1) is 11.3 Å². The van der Waals surface area contributed by atoms with Gasteiger partial charge in [0.1, 0.15) is 11.9 Å². The number of nitrogens with one attached hydrogen (secondary N) is 1. The highest BCUT2D eigenvalue weighted by atomic mass is 32.2. The van der Waals surface area contributed by atoms with E-state index in [1.165, 1.54) is 23.5 Å². The lowest BCUT2D eigenvalue weighted by Gasteiger charge is -2.12. The van der Waals surface area contributed by atoms with Gasteiger partial charge in [0.15, 0.2) is 0 Å². The number of thiophene rings is 1. The van der Waals surface area contributed by atoms with Crippen LogP contribution in [0.15, 0.2) is 46.7 Å². The second-order valence-electron chi connectivity index (χ2n) is 5.56. The lowest BCUT2D eigenvalue weighted by molar-refractivity contribution is 0.186. The first-order chi connectivity index (χ1) is 10.9. The van der Waals surface area contributed by atoms with Gasteiger partial charge in [-0.2, -0.15) is 0 Å². The summed E-state index contributed by atoms with van der Waals surface area (Å²) in [6.07, 6.45) is -0.849. The van der Waals surface area contributed by atoms with Crippen molar-refractivity contribution in [3.8, 4) is 5.75 Å². The number of aliphatic hydroxyl groups is 1. The molecule has 1 atom stereocenters. The van der Waals surface area contributed by atoms with Crippen LogP contribution in [0.2, 0.25) is 0 Å². The van der Waals surface area contributed by atoms with E-state index in [0.717, 1.165) is 4.88 Å². The molecule has 0 aliphatic heterocycles. The Kier molecular flexibility index (Phi) is 6.17. The Morgan fingerprint density at radius 1 is 1.22 bits per heavy atom. The van der Waals surface area contributed by atoms with E-state index in [2.05, 4.69) is 4.72 Å². The van der Waals surface area contributed by atoms with E-state index >= 15 is 0 Å². The molecule has 23 heavy (non-hydrogen) atoms. The smallest absolute Gasteiger partial charge is 0.240 e. The van der Waals surface area contributed by atoms with Crippen LogP contribution in [0.5, 0.6) is 5.75 Å². The van der Waals surface area contributed by atoms with E-state index in [1.807, 2.05) is 25.3 Å². The second-order valence-corrected chi connectivity index (χ2v) is 8.31. The normalized spacial score (nSPS) is 13.2. The number of aliphatic hydroxyl groups excluding tert-OH is 1. The maximum Gasteiger partial charge on any atom is 0.240 e. The number of ether oxygens (including phenoxy) is 1. The average Bonchev–Trinajstić information content (AvgIpc) is 3.05. The van der Waals surface area contributed by atoms with Gasteiger partial charge < -0.3 is 9.84 Å². The molecule has 126 valence electrons. The zero-order valence-electron chi connectivity index (χ0n) is 13.1. The number of hydrogen-bond acceptors (Lipinski definition) is 5. The van der Waals surface area contributed by atoms with Crippen LogP contribution in [0.3, 0.4) is 0 Å². The van der Waals surface area contributed by atoms with E-state index in [9.17, 15) is 13.5 Å². The van der Waals surface area contributed by atoms with E-state index in [0.29, 0.717) is 18.3 Å². The Bertz CT molecular complexity index is 694. The molecule has 0 saturated carbocycles. The third-order valence-electron chi connectivity index (χ3n) is 3.06. The molecule has 2 aromatic rings. The van der Waals surface area contributed by atoms with Crippen molar-refractivity contribution >= 4 is 21.4 Å². The van der Waals surface area contributed by atoms with Crippen LogP contribution < -0.4 is 9.46 Å². The zero-order chi connectivity index (χ0) is 16.9. The van der Waals surface area contributed by atoms with Gasteiger partial charge in [0, 0.05) is 11.4 Å². The molecule has 1 heterocycles. The SMILES string of the molecule is CC(C)COc1ccc(S(=O)(=O)NCC(O)c2cccs2)cc1. The van der Waals surface area contributed by atoms with Crippen molar-refractivity contribution in [1.82, 2.24) is 4.72 Å². The molecule has 1 aromatic heterocycles. The van der Waals surface area contributed by atoms with Crippen LogP contribution in [-0.2, 0) is 10.0 Å². The predicted molar refractivity (Wildman–Crippen MR) is 91.2 cm³/mol. The summed E-state index contributed by atoms with van der Waals surface area (Å²) >= 11 is 1.39. The quantitative estimate of drug-likeness (QED) is 0.763. The van der Waals surface area contributed by atoms with Gasteiger partial charge in [0.05, 0.1) is 11.5 Å². The van der Waals surface area contributed by atoms with Crippen molar-refractivity contribution in [3.05, 3.63) is 46.7 Å². The van der Waals surface area contributed by atoms with Crippen LogP contribution >= 0.6 is 11.3 Å². The van der Waals surface area contributed by atoms with Crippen LogP contribution in [0.4, 0.5) is 0 Å². The molecule has 2 rings (SSSR count). The van der Waals surface area contributed by atoms with E-state index in [4.69, 9.17) is 4.74 Å².